The smallest absolute Gasteiger partial charge is 0.0356 e. The fourth-order valence-corrected chi connectivity index (χ4v) is 2.58. The van der Waals surface area contributed by atoms with Crippen LogP contribution in [-0.4, -0.2) is 18.0 Å². The average molecular weight is 275 g/mol. The second-order valence-electron chi connectivity index (χ2n) is 7.47. The molecule has 0 aromatic carbocycles. The van der Waals surface area contributed by atoms with Crippen molar-refractivity contribution in [2.24, 2.45) is 17.3 Å². The molecule has 0 aromatic heterocycles. The van der Waals surface area contributed by atoms with Gasteiger partial charge in [-0.25, -0.2) is 0 Å². The van der Waals surface area contributed by atoms with Crippen LogP contribution < -0.4 is 0 Å². The highest BCUT2D eigenvalue weighted by Gasteiger charge is 2.20. The Morgan fingerprint density at radius 1 is 1.35 bits per heavy atom. The van der Waals surface area contributed by atoms with Crippen LogP contribution in [0.25, 0.3) is 0 Å². The highest BCUT2D eigenvalue weighted by molar-refractivity contribution is 5.07. The number of nitrogens with zero attached hydrogens (tertiary/aromatic N) is 1. The van der Waals surface area contributed by atoms with Crippen molar-refractivity contribution in [1.29, 1.82) is 0 Å². The van der Waals surface area contributed by atoms with Gasteiger partial charge in [0.1, 0.15) is 0 Å². The molecule has 0 amide bonds. The van der Waals surface area contributed by atoms with Gasteiger partial charge in [-0.15, -0.1) is 0 Å². The molecule has 1 aliphatic rings. The lowest BCUT2D eigenvalue weighted by molar-refractivity contribution is 0.264. The third-order valence-corrected chi connectivity index (χ3v) is 3.88. The van der Waals surface area contributed by atoms with Crippen molar-refractivity contribution < 1.29 is 0 Å². The Kier molecular flexibility index (Phi) is 6.58. The SMILES string of the molecule is C=C(N(C/C=C\C1CC=CCC1)CC(C)C)C(C)(C)C. The summed E-state index contributed by atoms with van der Waals surface area (Å²) in [6.45, 7) is 17.7. The lowest BCUT2D eigenvalue weighted by atomic mass is 9.91. The molecule has 1 unspecified atom stereocenters. The van der Waals surface area contributed by atoms with Crippen molar-refractivity contribution in [1.82, 2.24) is 4.90 Å². The molecular formula is C19H33N. The van der Waals surface area contributed by atoms with E-state index in [0.29, 0.717) is 5.92 Å². The first kappa shape index (κ1) is 17.1. The number of rotatable bonds is 6. The first-order valence-electron chi connectivity index (χ1n) is 8.06. The van der Waals surface area contributed by atoms with Gasteiger partial charge in [0.05, 0.1) is 0 Å². The molecule has 1 heteroatoms. The predicted molar refractivity (Wildman–Crippen MR) is 90.6 cm³/mol. The summed E-state index contributed by atoms with van der Waals surface area (Å²) >= 11 is 0. The molecule has 1 rings (SSSR count). The molecule has 0 spiro atoms. The Labute approximate surface area is 126 Å². The Hall–Kier alpha value is -0.980. The van der Waals surface area contributed by atoms with Crippen LogP contribution in [0.2, 0.25) is 0 Å². The normalized spacial score (nSPS) is 19.8. The topological polar surface area (TPSA) is 3.24 Å². The molecule has 114 valence electrons. The van der Waals surface area contributed by atoms with E-state index in [1.54, 1.807) is 0 Å². The summed E-state index contributed by atoms with van der Waals surface area (Å²) in [4.78, 5) is 2.44. The van der Waals surface area contributed by atoms with Crippen LogP contribution in [0.1, 0.15) is 53.9 Å². The summed E-state index contributed by atoms with van der Waals surface area (Å²) in [6, 6.07) is 0. The zero-order valence-corrected chi connectivity index (χ0v) is 14.2. The van der Waals surface area contributed by atoms with E-state index in [2.05, 4.69) is 70.4 Å². The zero-order chi connectivity index (χ0) is 15.2. The van der Waals surface area contributed by atoms with Gasteiger partial charge in [-0.05, 0) is 31.1 Å². The minimum absolute atomic E-state index is 0.149. The maximum Gasteiger partial charge on any atom is 0.0356 e. The van der Waals surface area contributed by atoms with Crippen molar-refractivity contribution in [3.05, 3.63) is 36.6 Å². The maximum absolute atomic E-state index is 4.33. The maximum atomic E-state index is 4.33. The molecule has 0 fully saturated rings. The number of allylic oxidation sites excluding steroid dienone is 4. The van der Waals surface area contributed by atoms with Crippen LogP contribution in [0.3, 0.4) is 0 Å². The summed E-state index contributed by atoms with van der Waals surface area (Å²) in [5, 5.41) is 0. The Balaban J connectivity index is 2.58. The Morgan fingerprint density at radius 3 is 2.55 bits per heavy atom. The van der Waals surface area contributed by atoms with Gasteiger partial charge in [-0.1, -0.05) is 65.5 Å². The Bertz CT molecular complexity index is 354. The molecular weight excluding hydrogens is 242 g/mol. The van der Waals surface area contributed by atoms with E-state index < -0.39 is 0 Å². The van der Waals surface area contributed by atoms with E-state index in [0.717, 1.165) is 19.0 Å². The van der Waals surface area contributed by atoms with Crippen molar-refractivity contribution in [3.63, 3.8) is 0 Å². The fourth-order valence-electron chi connectivity index (χ4n) is 2.58. The van der Waals surface area contributed by atoms with Gasteiger partial charge in [0.15, 0.2) is 0 Å². The van der Waals surface area contributed by atoms with Crippen molar-refractivity contribution in [2.75, 3.05) is 13.1 Å². The van der Waals surface area contributed by atoms with E-state index in [1.165, 1.54) is 25.0 Å². The van der Waals surface area contributed by atoms with Crippen LogP contribution in [0.5, 0.6) is 0 Å². The minimum Gasteiger partial charge on any atom is -0.371 e. The summed E-state index contributed by atoms with van der Waals surface area (Å²) in [5.74, 6) is 1.41. The third-order valence-electron chi connectivity index (χ3n) is 3.88. The highest BCUT2D eigenvalue weighted by Crippen LogP contribution is 2.27. The summed E-state index contributed by atoms with van der Waals surface area (Å²) in [7, 11) is 0. The summed E-state index contributed by atoms with van der Waals surface area (Å²) in [5.41, 5.74) is 1.40. The van der Waals surface area contributed by atoms with Crippen LogP contribution in [0, 0.1) is 17.3 Å². The molecule has 20 heavy (non-hydrogen) atoms. The number of hydrogen-bond acceptors (Lipinski definition) is 1. The molecule has 1 atom stereocenters. The second-order valence-corrected chi connectivity index (χ2v) is 7.47. The zero-order valence-electron chi connectivity index (χ0n) is 14.2. The molecule has 1 nitrogen and oxygen atoms in total. The quantitative estimate of drug-likeness (QED) is 0.585. The molecule has 0 aromatic rings. The van der Waals surface area contributed by atoms with Gasteiger partial charge < -0.3 is 4.90 Å². The molecule has 0 saturated heterocycles. The molecule has 0 radical (unpaired) electrons. The van der Waals surface area contributed by atoms with Gasteiger partial charge in [0.25, 0.3) is 0 Å². The number of hydrogen-bond donors (Lipinski definition) is 0. The van der Waals surface area contributed by atoms with Gasteiger partial charge in [0.2, 0.25) is 0 Å². The van der Waals surface area contributed by atoms with Gasteiger partial charge in [-0.2, -0.15) is 0 Å². The van der Waals surface area contributed by atoms with Crippen molar-refractivity contribution in [2.45, 2.75) is 53.9 Å². The van der Waals surface area contributed by atoms with Crippen LogP contribution in [0.15, 0.2) is 36.6 Å². The highest BCUT2D eigenvalue weighted by atomic mass is 15.1. The summed E-state index contributed by atoms with van der Waals surface area (Å²) in [6.07, 6.45) is 13.1. The lowest BCUT2D eigenvalue weighted by Crippen LogP contribution is -2.33. The van der Waals surface area contributed by atoms with Crippen molar-refractivity contribution in [3.8, 4) is 0 Å². The first-order valence-corrected chi connectivity index (χ1v) is 8.06. The van der Waals surface area contributed by atoms with Gasteiger partial charge in [-0.3, -0.25) is 0 Å². The monoisotopic (exact) mass is 275 g/mol. The molecule has 0 N–H and O–H groups in total. The molecule has 0 heterocycles. The average Bonchev–Trinajstić information content (AvgIpc) is 2.36. The molecule has 1 aliphatic carbocycles. The van der Waals surface area contributed by atoms with E-state index in [-0.39, 0.29) is 5.41 Å². The molecule has 0 saturated carbocycles. The van der Waals surface area contributed by atoms with Crippen LogP contribution >= 0.6 is 0 Å². The van der Waals surface area contributed by atoms with Crippen LogP contribution in [-0.2, 0) is 0 Å². The summed E-state index contributed by atoms with van der Waals surface area (Å²) < 4.78 is 0. The van der Waals surface area contributed by atoms with E-state index in [9.17, 15) is 0 Å². The molecule has 0 bridgehead atoms. The third kappa shape index (κ3) is 5.98. The molecule has 0 aliphatic heterocycles. The van der Waals surface area contributed by atoms with E-state index in [1.807, 2.05) is 0 Å². The first-order chi connectivity index (χ1) is 9.30. The van der Waals surface area contributed by atoms with E-state index >= 15 is 0 Å². The standard InChI is InChI=1S/C19H33N/c1-16(2)15-20(17(3)19(4,5)6)14-10-13-18-11-8-7-9-12-18/h7-8,10,13,16,18H,3,9,11-12,14-15H2,1-2,4-6H3/b13-10-. The predicted octanol–water partition coefficient (Wildman–Crippen LogP) is 5.42. The van der Waals surface area contributed by atoms with Crippen LogP contribution in [0.4, 0.5) is 0 Å². The van der Waals surface area contributed by atoms with Gasteiger partial charge >= 0.3 is 0 Å². The Morgan fingerprint density at radius 2 is 2.05 bits per heavy atom. The van der Waals surface area contributed by atoms with Crippen molar-refractivity contribution >= 4 is 0 Å². The van der Waals surface area contributed by atoms with Gasteiger partial charge in [0, 0.05) is 24.2 Å². The second kappa shape index (κ2) is 7.71. The fraction of sp³-hybridized carbons (Fsp3) is 0.684. The van der Waals surface area contributed by atoms with E-state index in [4.69, 9.17) is 0 Å². The largest absolute Gasteiger partial charge is 0.371 e. The minimum atomic E-state index is 0.149. The lowest BCUT2D eigenvalue weighted by Gasteiger charge is -2.35.